The predicted octanol–water partition coefficient (Wildman–Crippen LogP) is 2.64. The third kappa shape index (κ3) is 3.60. The molecule has 0 radical (unpaired) electrons. The zero-order valence-corrected chi connectivity index (χ0v) is 12.0. The first-order chi connectivity index (χ1) is 9.60. The van der Waals surface area contributed by atoms with E-state index in [9.17, 15) is 10.1 Å². The van der Waals surface area contributed by atoms with Gasteiger partial charge in [0.05, 0.1) is 17.6 Å². The molecule has 1 fully saturated rings. The second kappa shape index (κ2) is 6.56. The van der Waals surface area contributed by atoms with Gasteiger partial charge in [-0.05, 0) is 19.4 Å². The van der Waals surface area contributed by atoms with Crippen molar-refractivity contribution in [2.45, 2.75) is 26.4 Å². The lowest BCUT2D eigenvalue weighted by molar-refractivity contribution is -0.384. The number of nitrogens with zero attached hydrogens (tertiary/aromatic N) is 2. The van der Waals surface area contributed by atoms with Crippen LogP contribution in [-0.2, 0) is 4.74 Å². The number of hydrogen-bond donors (Lipinski definition) is 1. The quantitative estimate of drug-likeness (QED) is 0.663. The number of ether oxygens (including phenoxy) is 1. The number of nitro benzene ring substituents is 1. The Morgan fingerprint density at radius 2 is 2.30 bits per heavy atom. The summed E-state index contributed by atoms with van der Waals surface area (Å²) in [6, 6.07) is 5.19. The van der Waals surface area contributed by atoms with Crippen LogP contribution in [-0.4, -0.2) is 37.3 Å². The second-order valence-corrected chi connectivity index (χ2v) is 5.05. The molecule has 6 heteroatoms. The smallest absolute Gasteiger partial charge is 0.273 e. The topological polar surface area (TPSA) is 67.6 Å². The molecule has 0 bridgehead atoms. The lowest BCUT2D eigenvalue weighted by Crippen LogP contribution is -2.41. The summed E-state index contributed by atoms with van der Waals surface area (Å²) in [5.41, 5.74) is 1.81. The molecule has 0 saturated carbocycles. The van der Waals surface area contributed by atoms with E-state index in [4.69, 9.17) is 4.74 Å². The Kier molecular flexibility index (Phi) is 4.79. The van der Waals surface area contributed by atoms with Gasteiger partial charge in [0.15, 0.2) is 0 Å². The summed E-state index contributed by atoms with van der Waals surface area (Å²) in [4.78, 5) is 12.9. The van der Waals surface area contributed by atoms with Crippen molar-refractivity contribution in [1.29, 1.82) is 0 Å². The number of nitro groups is 1. The van der Waals surface area contributed by atoms with Gasteiger partial charge in [-0.25, -0.2) is 0 Å². The van der Waals surface area contributed by atoms with Crippen molar-refractivity contribution in [2.75, 3.05) is 36.5 Å². The first kappa shape index (κ1) is 14.6. The molecule has 0 aromatic heterocycles. The zero-order valence-electron chi connectivity index (χ0n) is 12.0. The van der Waals surface area contributed by atoms with Crippen molar-refractivity contribution in [3.05, 3.63) is 28.3 Å². The van der Waals surface area contributed by atoms with Crippen molar-refractivity contribution in [3.63, 3.8) is 0 Å². The van der Waals surface area contributed by atoms with E-state index in [1.807, 2.05) is 13.0 Å². The van der Waals surface area contributed by atoms with Crippen molar-refractivity contribution in [1.82, 2.24) is 0 Å². The number of hydrogen-bond acceptors (Lipinski definition) is 5. The largest absolute Gasteiger partial charge is 0.385 e. The molecule has 0 spiro atoms. The molecule has 1 aliphatic rings. The fraction of sp³-hybridized carbons (Fsp3) is 0.571. The molecule has 6 nitrogen and oxygen atoms in total. The van der Waals surface area contributed by atoms with E-state index >= 15 is 0 Å². The van der Waals surface area contributed by atoms with Crippen LogP contribution >= 0.6 is 0 Å². The number of morpholine rings is 1. The van der Waals surface area contributed by atoms with Crippen LogP contribution in [0.15, 0.2) is 18.2 Å². The van der Waals surface area contributed by atoms with Crippen LogP contribution in [0, 0.1) is 10.1 Å². The van der Waals surface area contributed by atoms with Gasteiger partial charge in [0.1, 0.15) is 0 Å². The number of anilines is 2. The van der Waals surface area contributed by atoms with E-state index in [0.717, 1.165) is 37.4 Å². The van der Waals surface area contributed by atoms with E-state index in [1.165, 1.54) is 0 Å². The summed E-state index contributed by atoms with van der Waals surface area (Å²) in [6.07, 6.45) is 1.13. The maximum Gasteiger partial charge on any atom is 0.273 e. The SMILES string of the molecule is CCCNc1cc(N2CCOC(C)C2)cc([N+](=O)[O-])c1. The molecule has 1 aromatic rings. The molecule has 1 atom stereocenters. The van der Waals surface area contributed by atoms with Gasteiger partial charge >= 0.3 is 0 Å². The molecule has 1 heterocycles. The molecule has 1 aliphatic heterocycles. The van der Waals surface area contributed by atoms with Crippen molar-refractivity contribution in [3.8, 4) is 0 Å². The summed E-state index contributed by atoms with van der Waals surface area (Å²) < 4.78 is 5.51. The predicted molar refractivity (Wildman–Crippen MR) is 79.5 cm³/mol. The van der Waals surface area contributed by atoms with Crippen molar-refractivity contribution < 1.29 is 9.66 Å². The molecule has 1 aromatic carbocycles. The van der Waals surface area contributed by atoms with Crippen LogP contribution in [0.25, 0.3) is 0 Å². The number of rotatable bonds is 5. The number of non-ortho nitro benzene ring substituents is 1. The van der Waals surface area contributed by atoms with Gasteiger partial charge in [-0.2, -0.15) is 0 Å². The van der Waals surface area contributed by atoms with Gasteiger partial charge in [-0.1, -0.05) is 6.92 Å². The zero-order chi connectivity index (χ0) is 14.5. The fourth-order valence-corrected chi connectivity index (χ4v) is 2.31. The molecular formula is C14H21N3O3. The minimum absolute atomic E-state index is 0.125. The third-order valence-corrected chi connectivity index (χ3v) is 3.30. The van der Waals surface area contributed by atoms with Gasteiger partial charge in [-0.15, -0.1) is 0 Å². The van der Waals surface area contributed by atoms with Gasteiger partial charge < -0.3 is 15.0 Å². The number of benzene rings is 1. The maximum absolute atomic E-state index is 11.1. The van der Waals surface area contributed by atoms with Gasteiger partial charge in [0.2, 0.25) is 0 Å². The summed E-state index contributed by atoms with van der Waals surface area (Å²) in [5, 5.41) is 14.3. The normalized spacial score (nSPS) is 18.9. The average Bonchev–Trinajstić information content (AvgIpc) is 2.44. The minimum atomic E-state index is -0.343. The first-order valence-electron chi connectivity index (χ1n) is 7.00. The highest BCUT2D eigenvalue weighted by atomic mass is 16.6. The summed E-state index contributed by atoms with van der Waals surface area (Å²) >= 11 is 0. The van der Waals surface area contributed by atoms with E-state index in [0.29, 0.717) is 6.61 Å². The lowest BCUT2D eigenvalue weighted by Gasteiger charge is -2.33. The first-order valence-corrected chi connectivity index (χ1v) is 7.00. The maximum atomic E-state index is 11.1. The highest BCUT2D eigenvalue weighted by Crippen LogP contribution is 2.28. The second-order valence-electron chi connectivity index (χ2n) is 5.05. The van der Waals surface area contributed by atoms with Gasteiger partial charge in [0, 0.05) is 43.1 Å². The standard InChI is InChI=1S/C14H21N3O3/c1-3-4-15-12-7-13(9-14(8-12)17(18)19)16-5-6-20-11(2)10-16/h7-9,11,15H,3-6,10H2,1-2H3. The lowest BCUT2D eigenvalue weighted by atomic mass is 10.2. The van der Waals surface area contributed by atoms with E-state index in [2.05, 4.69) is 17.1 Å². The van der Waals surface area contributed by atoms with Gasteiger partial charge in [-0.3, -0.25) is 10.1 Å². The summed E-state index contributed by atoms with van der Waals surface area (Å²) in [6.45, 7) is 7.06. The average molecular weight is 279 g/mol. The van der Waals surface area contributed by atoms with E-state index < -0.39 is 0 Å². The molecule has 1 saturated heterocycles. The summed E-state index contributed by atoms with van der Waals surface area (Å²) in [7, 11) is 0. The molecule has 0 aliphatic carbocycles. The fourth-order valence-electron chi connectivity index (χ4n) is 2.31. The highest BCUT2D eigenvalue weighted by Gasteiger charge is 2.19. The molecule has 1 N–H and O–H groups in total. The Labute approximate surface area is 118 Å². The van der Waals surface area contributed by atoms with Crippen molar-refractivity contribution in [2.24, 2.45) is 0 Å². The highest BCUT2D eigenvalue weighted by molar-refractivity contribution is 5.64. The third-order valence-electron chi connectivity index (χ3n) is 3.30. The van der Waals surface area contributed by atoms with E-state index in [-0.39, 0.29) is 16.7 Å². The van der Waals surface area contributed by atoms with Crippen LogP contribution in [0.2, 0.25) is 0 Å². The minimum Gasteiger partial charge on any atom is -0.385 e. The Bertz CT molecular complexity index is 479. The Hall–Kier alpha value is -1.82. The molecule has 110 valence electrons. The Balaban J connectivity index is 2.25. The summed E-state index contributed by atoms with van der Waals surface area (Å²) in [5.74, 6) is 0. The molecular weight excluding hydrogens is 258 g/mol. The monoisotopic (exact) mass is 279 g/mol. The number of nitrogens with one attached hydrogen (secondary N) is 1. The molecule has 2 rings (SSSR count). The Morgan fingerprint density at radius 3 is 2.95 bits per heavy atom. The van der Waals surface area contributed by atoms with Crippen LogP contribution in [0.5, 0.6) is 0 Å². The molecule has 1 unspecified atom stereocenters. The van der Waals surface area contributed by atoms with Crippen LogP contribution in [0.3, 0.4) is 0 Å². The van der Waals surface area contributed by atoms with Crippen molar-refractivity contribution >= 4 is 17.1 Å². The molecule has 0 amide bonds. The van der Waals surface area contributed by atoms with Crippen LogP contribution in [0.4, 0.5) is 17.1 Å². The van der Waals surface area contributed by atoms with E-state index in [1.54, 1.807) is 12.1 Å². The van der Waals surface area contributed by atoms with Crippen LogP contribution < -0.4 is 10.2 Å². The van der Waals surface area contributed by atoms with Crippen LogP contribution in [0.1, 0.15) is 20.3 Å². The Morgan fingerprint density at radius 1 is 1.50 bits per heavy atom. The molecule has 20 heavy (non-hydrogen) atoms. The van der Waals surface area contributed by atoms with Gasteiger partial charge in [0.25, 0.3) is 5.69 Å².